The van der Waals surface area contributed by atoms with Crippen molar-refractivity contribution < 1.29 is 4.79 Å². The van der Waals surface area contributed by atoms with Crippen molar-refractivity contribution in [3.05, 3.63) is 41.2 Å². The highest BCUT2D eigenvalue weighted by Crippen LogP contribution is 2.31. The zero-order valence-corrected chi connectivity index (χ0v) is 15.4. The number of hydrogen-bond acceptors (Lipinski definition) is 4. The summed E-state index contributed by atoms with van der Waals surface area (Å²) in [7, 11) is 0. The summed E-state index contributed by atoms with van der Waals surface area (Å²) in [6.45, 7) is 10.3. The van der Waals surface area contributed by atoms with Gasteiger partial charge in [-0.05, 0) is 44.4 Å². The first kappa shape index (κ1) is 16.6. The molecule has 2 aromatic heterocycles. The van der Waals surface area contributed by atoms with Gasteiger partial charge < -0.3 is 0 Å². The molecule has 0 aliphatic carbocycles. The number of rotatable bonds is 4. The van der Waals surface area contributed by atoms with E-state index in [1.807, 2.05) is 43.7 Å². The molecule has 126 valence electrons. The topological polar surface area (TPSA) is 59.8 Å². The summed E-state index contributed by atoms with van der Waals surface area (Å²) in [6.07, 6.45) is 0. The lowest BCUT2D eigenvalue weighted by Crippen LogP contribution is -2.13. The fraction of sp³-hybridized carbons (Fsp3) is 0.389. The molecule has 0 radical (unpaired) electrons. The van der Waals surface area contributed by atoms with Gasteiger partial charge in [0, 0.05) is 11.7 Å². The molecular formula is C18H22N4OS. The molecule has 0 fully saturated rings. The summed E-state index contributed by atoms with van der Waals surface area (Å²) < 4.78 is 2.94. The van der Waals surface area contributed by atoms with E-state index < -0.39 is 0 Å². The van der Waals surface area contributed by atoms with Crippen molar-refractivity contribution in [3.63, 3.8) is 0 Å². The summed E-state index contributed by atoms with van der Waals surface area (Å²) in [5.74, 6) is 0.173. The van der Waals surface area contributed by atoms with E-state index in [0.717, 1.165) is 15.9 Å². The lowest BCUT2D eigenvalue weighted by molar-refractivity contribution is 0.102. The van der Waals surface area contributed by atoms with Crippen LogP contribution in [0.15, 0.2) is 24.3 Å². The Labute approximate surface area is 145 Å². The molecule has 1 aromatic carbocycles. The van der Waals surface area contributed by atoms with Crippen LogP contribution in [-0.2, 0) is 0 Å². The Morgan fingerprint density at radius 2 is 2.00 bits per heavy atom. The minimum atomic E-state index is -0.220. The maximum atomic E-state index is 12.5. The van der Waals surface area contributed by atoms with Gasteiger partial charge in [-0.2, -0.15) is 5.10 Å². The molecule has 0 bridgehead atoms. The van der Waals surface area contributed by atoms with Gasteiger partial charge >= 0.3 is 0 Å². The zero-order chi connectivity index (χ0) is 17.4. The quantitative estimate of drug-likeness (QED) is 0.744. The van der Waals surface area contributed by atoms with Gasteiger partial charge in [0.25, 0.3) is 5.91 Å². The Balaban J connectivity index is 1.88. The summed E-state index contributed by atoms with van der Waals surface area (Å²) in [5.41, 5.74) is 3.56. The van der Waals surface area contributed by atoms with Crippen LogP contribution in [0.1, 0.15) is 61.4 Å². The molecule has 0 spiro atoms. The molecule has 2 heterocycles. The van der Waals surface area contributed by atoms with Crippen LogP contribution in [-0.4, -0.2) is 20.7 Å². The number of anilines is 1. The fourth-order valence-electron chi connectivity index (χ4n) is 2.77. The molecule has 1 N–H and O–H groups in total. The minimum absolute atomic E-state index is 0.220. The van der Waals surface area contributed by atoms with Crippen LogP contribution in [0, 0.1) is 6.92 Å². The number of hydrogen-bond donors (Lipinski definition) is 1. The first-order valence-corrected chi connectivity index (χ1v) is 8.95. The average molecular weight is 342 g/mol. The Morgan fingerprint density at radius 1 is 1.25 bits per heavy atom. The monoisotopic (exact) mass is 342 g/mol. The minimum Gasteiger partial charge on any atom is -0.296 e. The van der Waals surface area contributed by atoms with E-state index in [1.54, 1.807) is 0 Å². The number of para-hydroxylation sites is 1. The number of carbonyl (C=O) groups is 1. The molecular weight excluding hydrogens is 320 g/mol. The smallest absolute Gasteiger partial charge is 0.277 e. The molecule has 0 atom stereocenters. The van der Waals surface area contributed by atoms with Crippen LogP contribution < -0.4 is 5.32 Å². The van der Waals surface area contributed by atoms with E-state index in [9.17, 15) is 4.79 Å². The van der Waals surface area contributed by atoms with Crippen LogP contribution in [0.25, 0.3) is 10.2 Å². The molecule has 0 aliphatic rings. The van der Waals surface area contributed by atoms with Crippen molar-refractivity contribution in [2.45, 2.75) is 46.6 Å². The predicted molar refractivity (Wildman–Crippen MR) is 99.0 cm³/mol. The third-order valence-corrected chi connectivity index (χ3v) is 4.87. The Kier molecular flexibility index (Phi) is 4.41. The lowest BCUT2D eigenvalue weighted by Gasteiger charge is -2.06. The number of aryl methyl sites for hydroxylation is 1. The standard InChI is InChI=1S/C18H22N4OS/c1-10(2)13-7-6-8-15-16(13)19-18(24-15)20-17(23)14-9-12(5)22(21-14)11(3)4/h6-11H,1-5H3,(H,19,20,23). The van der Waals surface area contributed by atoms with Gasteiger partial charge in [-0.1, -0.05) is 37.3 Å². The number of benzene rings is 1. The Hall–Kier alpha value is -2.21. The maximum absolute atomic E-state index is 12.5. The molecule has 0 unspecified atom stereocenters. The molecule has 1 amide bonds. The highest BCUT2D eigenvalue weighted by Gasteiger charge is 2.17. The largest absolute Gasteiger partial charge is 0.296 e. The zero-order valence-electron chi connectivity index (χ0n) is 14.6. The first-order valence-electron chi connectivity index (χ1n) is 8.13. The Morgan fingerprint density at radius 3 is 2.62 bits per heavy atom. The van der Waals surface area contributed by atoms with Crippen LogP contribution >= 0.6 is 11.3 Å². The number of thiazole rings is 1. The highest BCUT2D eigenvalue weighted by molar-refractivity contribution is 7.22. The van der Waals surface area contributed by atoms with E-state index in [1.165, 1.54) is 16.9 Å². The summed E-state index contributed by atoms with van der Waals surface area (Å²) >= 11 is 1.49. The lowest BCUT2D eigenvalue weighted by atomic mass is 10.0. The molecule has 0 saturated heterocycles. The SMILES string of the molecule is Cc1cc(C(=O)Nc2nc3c(C(C)C)cccc3s2)nn1C(C)C. The van der Waals surface area contributed by atoms with Crippen molar-refractivity contribution in [1.82, 2.24) is 14.8 Å². The van der Waals surface area contributed by atoms with Crippen molar-refractivity contribution in [2.24, 2.45) is 0 Å². The summed E-state index contributed by atoms with van der Waals surface area (Å²) in [4.78, 5) is 17.1. The van der Waals surface area contributed by atoms with Gasteiger partial charge in [-0.15, -0.1) is 0 Å². The molecule has 3 rings (SSSR count). The molecule has 0 aliphatic heterocycles. The second-order valence-corrected chi connectivity index (χ2v) is 7.56. The van der Waals surface area contributed by atoms with Crippen LogP contribution in [0.5, 0.6) is 0 Å². The number of nitrogens with one attached hydrogen (secondary N) is 1. The number of carbonyl (C=O) groups excluding carboxylic acids is 1. The van der Waals surface area contributed by atoms with Gasteiger partial charge in [-0.25, -0.2) is 4.98 Å². The van der Waals surface area contributed by atoms with Crippen molar-refractivity contribution in [1.29, 1.82) is 0 Å². The molecule has 0 saturated carbocycles. The number of aromatic nitrogens is 3. The van der Waals surface area contributed by atoms with Gasteiger partial charge in [0.05, 0.1) is 10.2 Å². The summed E-state index contributed by atoms with van der Waals surface area (Å²) in [5, 5.41) is 7.88. The van der Waals surface area contributed by atoms with E-state index >= 15 is 0 Å². The van der Waals surface area contributed by atoms with E-state index in [2.05, 4.69) is 35.3 Å². The maximum Gasteiger partial charge on any atom is 0.277 e. The van der Waals surface area contributed by atoms with Gasteiger partial charge in [0.2, 0.25) is 0 Å². The molecule has 6 heteroatoms. The van der Waals surface area contributed by atoms with Crippen LogP contribution in [0.4, 0.5) is 5.13 Å². The normalized spacial score (nSPS) is 11.6. The molecule has 5 nitrogen and oxygen atoms in total. The van der Waals surface area contributed by atoms with Crippen molar-refractivity contribution in [3.8, 4) is 0 Å². The second-order valence-electron chi connectivity index (χ2n) is 6.53. The number of nitrogens with zero attached hydrogens (tertiary/aromatic N) is 3. The second kappa shape index (κ2) is 6.36. The third kappa shape index (κ3) is 3.06. The van der Waals surface area contributed by atoms with Gasteiger partial charge in [0.1, 0.15) is 0 Å². The number of fused-ring (bicyclic) bond motifs is 1. The fourth-order valence-corrected chi connectivity index (χ4v) is 3.67. The summed E-state index contributed by atoms with van der Waals surface area (Å²) in [6, 6.07) is 8.19. The first-order chi connectivity index (χ1) is 11.4. The van der Waals surface area contributed by atoms with E-state index in [-0.39, 0.29) is 11.9 Å². The average Bonchev–Trinajstić information content (AvgIpc) is 3.09. The van der Waals surface area contributed by atoms with Crippen molar-refractivity contribution in [2.75, 3.05) is 5.32 Å². The van der Waals surface area contributed by atoms with E-state index in [4.69, 9.17) is 0 Å². The van der Waals surface area contributed by atoms with E-state index in [0.29, 0.717) is 16.7 Å². The number of amides is 1. The third-order valence-electron chi connectivity index (χ3n) is 3.94. The van der Waals surface area contributed by atoms with Crippen LogP contribution in [0.2, 0.25) is 0 Å². The van der Waals surface area contributed by atoms with Gasteiger partial charge in [0.15, 0.2) is 10.8 Å². The Bertz CT molecular complexity index is 892. The molecule has 3 aromatic rings. The predicted octanol–water partition coefficient (Wildman–Crippen LogP) is 4.76. The van der Waals surface area contributed by atoms with Gasteiger partial charge in [-0.3, -0.25) is 14.8 Å². The van der Waals surface area contributed by atoms with Crippen molar-refractivity contribution >= 4 is 32.6 Å². The highest BCUT2D eigenvalue weighted by atomic mass is 32.1. The molecule has 24 heavy (non-hydrogen) atoms. The van der Waals surface area contributed by atoms with Crippen LogP contribution in [0.3, 0.4) is 0 Å².